The first-order valence-corrected chi connectivity index (χ1v) is 9.20. The van der Waals surface area contributed by atoms with E-state index in [-0.39, 0.29) is 4.90 Å². The fraction of sp³-hybridized carbons (Fsp3) is 0.600. The quantitative estimate of drug-likeness (QED) is 0.554. The van der Waals surface area contributed by atoms with Gasteiger partial charge in [0.2, 0.25) is 10.0 Å². The maximum Gasteiger partial charge on any atom is 0.238 e. The van der Waals surface area contributed by atoms with Gasteiger partial charge >= 0.3 is 0 Å². The monoisotopic (exact) mass is 311 g/mol. The van der Waals surface area contributed by atoms with Crippen LogP contribution in [-0.2, 0) is 10.0 Å². The number of rotatable bonds is 6. The average Bonchev–Trinajstić information content (AvgIpc) is 2.72. The third kappa shape index (κ3) is 5.65. The van der Waals surface area contributed by atoms with Crippen LogP contribution in [-0.4, -0.2) is 27.5 Å². The number of nitrogens with one attached hydrogen (secondary N) is 2. The summed E-state index contributed by atoms with van der Waals surface area (Å²) in [5.41, 5.74) is 0.907. The van der Waals surface area contributed by atoms with Crippen molar-refractivity contribution in [2.45, 2.75) is 49.5 Å². The minimum Gasteiger partial charge on any atom is -0.384 e. The fourth-order valence-corrected chi connectivity index (χ4v) is 3.24. The summed E-state index contributed by atoms with van der Waals surface area (Å²) in [5, 5.41) is 11.9. The summed E-state index contributed by atoms with van der Waals surface area (Å²) in [6.07, 6.45) is 7.96. The number of anilines is 1. The first-order valence-electron chi connectivity index (χ1n) is 7.66. The highest BCUT2D eigenvalue weighted by Crippen LogP contribution is 2.17. The van der Waals surface area contributed by atoms with Gasteiger partial charge in [-0.05, 0) is 37.1 Å². The number of nitrogens with two attached hydrogens (primary N) is 1. The summed E-state index contributed by atoms with van der Waals surface area (Å²) in [6, 6.07) is 7.18. The van der Waals surface area contributed by atoms with Crippen LogP contribution in [0.15, 0.2) is 29.2 Å². The Morgan fingerprint density at radius 3 is 2.19 bits per heavy atom. The Morgan fingerprint density at radius 2 is 1.62 bits per heavy atom. The lowest BCUT2D eigenvalue weighted by Gasteiger charge is -2.16. The van der Waals surface area contributed by atoms with Gasteiger partial charge in [0.25, 0.3) is 0 Å². The van der Waals surface area contributed by atoms with Crippen molar-refractivity contribution in [3.05, 3.63) is 24.3 Å². The molecular weight excluding hydrogens is 286 g/mol. The third-order valence-corrected chi connectivity index (χ3v) is 4.85. The van der Waals surface area contributed by atoms with Gasteiger partial charge in [0, 0.05) is 24.8 Å². The van der Waals surface area contributed by atoms with E-state index in [9.17, 15) is 8.42 Å². The van der Waals surface area contributed by atoms with Crippen LogP contribution in [0.4, 0.5) is 5.69 Å². The molecule has 0 unspecified atom stereocenters. The maximum atomic E-state index is 11.2. The molecule has 21 heavy (non-hydrogen) atoms. The highest BCUT2D eigenvalue weighted by atomic mass is 32.2. The number of sulfonamides is 1. The smallest absolute Gasteiger partial charge is 0.238 e. The lowest BCUT2D eigenvalue weighted by molar-refractivity contribution is 0.468. The van der Waals surface area contributed by atoms with Gasteiger partial charge in [0.1, 0.15) is 0 Å². The molecular formula is C15H25N3O2S. The molecule has 0 aliphatic heterocycles. The van der Waals surface area contributed by atoms with E-state index in [1.807, 2.05) is 0 Å². The minimum absolute atomic E-state index is 0.143. The fourth-order valence-electron chi connectivity index (χ4n) is 2.73. The molecule has 1 saturated carbocycles. The Balaban J connectivity index is 1.71. The summed E-state index contributed by atoms with van der Waals surface area (Å²) in [7, 11) is -3.60. The average molecular weight is 311 g/mol. The first kappa shape index (κ1) is 16.3. The molecule has 0 spiro atoms. The lowest BCUT2D eigenvalue weighted by atomic mass is 10.1. The van der Waals surface area contributed by atoms with Crippen LogP contribution in [0.1, 0.15) is 38.5 Å². The highest BCUT2D eigenvalue weighted by molar-refractivity contribution is 7.89. The zero-order chi connectivity index (χ0) is 15.1. The molecule has 0 saturated heterocycles. The molecule has 0 bridgehead atoms. The van der Waals surface area contributed by atoms with Crippen LogP contribution < -0.4 is 15.8 Å². The summed E-state index contributed by atoms with van der Waals surface area (Å²) in [6.45, 7) is 1.74. The van der Waals surface area contributed by atoms with Gasteiger partial charge in [0.15, 0.2) is 0 Å². The molecule has 1 aromatic carbocycles. The molecule has 118 valence electrons. The molecule has 0 atom stereocenters. The Hall–Kier alpha value is -1.11. The molecule has 1 fully saturated rings. The van der Waals surface area contributed by atoms with E-state index in [1.165, 1.54) is 50.7 Å². The van der Waals surface area contributed by atoms with E-state index in [0.717, 1.165) is 18.8 Å². The second kappa shape index (κ2) is 7.77. The standard InChI is InChI=1S/C15H25N3O2S/c16-21(19,20)15-9-7-14(8-10-15)18-12-11-17-13-5-3-1-2-4-6-13/h7-10,13,17-18H,1-6,11-12H2,(H2,16,19,20). The normalized spacial score (nSPS) is 17.4. The third-order valence-electron chi connectivity index (χ3n) is 3.93. The molecule has 5 nitrogen and oxygen atoms in total. The van der Waals surface area contributed by atoms with E-state index in [0.29, 0.717) is 6.04 Å². The molecule has 1 aliphatic carbocycles. The molecule has 6 heteroatoms. The summed E-state index contributed by atoms with van der Waals surface area (Å²) >= 11 is 0. The van der Waals surface area contributed by atoms with Gasteiger partial charge in [0.05, 0.1) is 4.90 Å². The second-order valence-corrected chi connectivity index (χ2v) is 7.20. The number of hydrogen-bond donors (Lipinski definition) is 3. The lowest BCUT2D eigenvalue weighted by Crippen LogP contribution is -2.32. The molecule has 0 radical (unpaired) electrons. The van der Waals surface area contributed by atoms with Gasteiger partial charge in [-0.15, -0.1) is 0 Å². The van der Waals surface area contributed by atoms with E-state index in [4.69, 9.17) is 5.14 Å². The predicted octanol–water partition coefficient (Wildman–Crippen LogP) is 2.06. The van der Waals surface area contributed by atoms with Crippen molar-refractivity contribution >= 4 is 15.7 Å². The van der Waals surface area contributed by atoms with Gasteiger partial charge in [-0.3, -0.25) is 0 Å². The van der Waals surface area contributed by atoms with Crippen LogP contribution in [0.5, 0.6) is 0 Å². The van der Waals surface area contributed by atoms with Gasteiger partial charge in [-0.1, -0.05) is 25.7 Å². The van der Waals surface area contributed by atoms with E-state index in [2.05, 4.69) is 10.6 Å². The first-order chi connectivity index (χ1) is 10.1. The van der Waals surface area contributed by atoms with Crippen molar-refractivity contribution in [2.24, 2.45) is 5.14 Å². The molecule has 1 aliphatic rings. The van der Waals surface area contributed by atoms with Crippen LogP contribution in [0, 0.1) is 0 Å². The summed E-state index contributed by atoms with van der Waals surface area (Å²) in [4.78, 5) is 0.143. The van der Waals surface area contributed by atoms with Crippen molar-refractivity contribution in [2.75, 3.05) is 18.4 Å². The van der Waals surface area contributed by atoms with Crippen molar-refractivity contribution in [1.82, 2.24) is 5.32 Å². The highest BCUT2D eigenvalue weighted by Gasteiger charge is 2.10. The zero-order valence-corrected chi connectivity index (χ0v) is 13.2. The van der Waals surface area contributed by atoms with Gasteiger partial charge in [-0.2, -0.15) is 0 Å². The second-order valence-electron chi connectivity index (χ2n) is 5.64. The van der Waals surface area contributed by atoms with E-state index >= 15 is 0 Å². The SMILES string of the molecule is NS(=O)(=O)c1ccc(NCCNC2CCCCCC2)cc1. The van der Waals surface area contributed by atoms with Crippen molar-refractivity contribution < 1.29 is 8.42 Å². The van der Waals surface area contributed by atoms with Crippen LogP contribution in [0.25, 0.3) is 0 Å². The molecule has 1 aromatic rings. The van der Waals surface area contributed by atoms with Gasteiger partial charge < -0.3 is 10.6 Å². The van der Waals surface area contributed by atoms with Gasteiger partial charge in [-0.25, -0.2) is 13.6 Å². The Kier molecular flexibility index (Phi) is 6.02. The molecule has 2 rings (SSSR count). The number of primary sulfonamides is 1. The molecule has 4 N–H and O–H groups in total. The zero-order valence-electron chi connectivity index (χ0n) is 12.3. The molecule has 0 heterocycles. The maximum absolute atomic E-state index is 11.2. The molecule has 0 aromatic heterocycles. The minimum atomic E-state index is -3.60. The topological polar surface area (TPSA) is 84.2 Å². The Labute approximate surface area is 127 Å². The Bertz CT molecular complexity index is 520. The van der Waals surface area contributed by atoms with Crippen molar-refractivity contribution in [3.8, 4) is 0 Å². The number of benzene rings is 1. The van der Waals surface area contributed by atoms with E-state index < -0.39 is 10.0 Å². The predicted molar refractivity (Wildman–Crippen MR) is 85.8 cm³/mol. The largest absolute Gasteiger partial charge is 0.384 e. The van der Waals surface area contributed by atoms with Crippen LogP contribution in [0.2, 0.25) is 0 Å². The Morgan fingerprint density at radius 1 is 1.00 bits per heavy atom. The van der Waals surface area contributed by atoms with Crippen LogP contribution in [0.3, 0.4) is 0 Å². The summed E-state index contributed by atoms with van der Waals surface area (Å²) in [5.74, 6) is 0. The molecule has 0 amide bonds. The van der Waals surface area contributed by atoms with Crippen molar-refractivity contribution in [3.63, 3.8) is 0 Å². The summed E-state index contributed by atoms with van der Waals surface area (Å²) < 4.78 is 22.3. The van der Waals surface area contributed by atoms with E-state index in [1.54, 1.807) is 12.1 Å². The van der Waals surface area contributed by atoms with Crippen LogP contribution >= 0.6 is 0 Å². The number of hydrogen-bond acceptors (Lipinski definition) is 4. The van der Waals surface area contributed by atoms with Crippen molar-refractivity contribution in [1.29, 1.82) is 0 Å².